The van der Waals surface area contributed by atoms with Crippen molar-refractivity contribution in [2.24, 2.45) is 4.99 Å². The van der Waals surface area contributed by atoms with Gasteiger partial charge in [0.15, 0.2) is 5.82 Å². The Morgan fingerprint density at radius 3 is 2.68 bits per heavy atom. The first kappa shape index (κ1) is 22.7. The number of nitrogens with zero attached hydrogens (tertiary/aromatic N) is 6. The lowest BCUT2D eigenvalue weighted by Gasteiger charge is -2.09. The Hall–Kier alpha value is -3.03. The highest BCUT2D eigenvalue weighted by atomic mass is 35.5. The third-order valence-electron chi connectivity index (χ3n) is 6.09. The molecule has 34 heavy (non-hydrogen) atoms. The number of hydrogen-bond donors (Lipinski definition) is 0. The normalized spacial score (nSPS) is 15.3. The number of halogens is 1. The molecular weight excluding hydrogens is 464 g/mol. The van der Waals surface area contributed by atoms with Crippen LogP contribution in [-0.2, 0) is 6.54 Å². The highest BCUT2D eigenvalue weighted by molar-refractivity contribution is 7.16. The van der Waals surface area contributed by atoms with Gasteiger partial charge < -0.3 is 0 Å². The Morgan fingerprint density at radius 1 is 1.12 bits per heavy atom. The molecule has 1 aliphatic heterocycles. The zero-order valence-electron chi connectivity index (χ0n) is 19.8. The summed E-state index contributed by atoms with van der Waals surface area (Å²) in [6.07, 6.45) is 10.6. The van der Waals surface area contributed by atoms with Gasteiger partial charge in [-0.1, -0.05) is 43.2 Å². The van der Waals surface area contributed by atoms with Gasteiger partial charge in [-0.05, 0) is 51.0 Å². The maximum absolute atomic E-state index is 6.18. The minimum absolute atomic E-state index is 0.112. The molecule has 0 saturated heterocycles. The zero-order valence-corrected chi connectivity index (χ0v) is 21.4. The van der Waals surface area contributed by atoms with Crippen LogP contribution in [0.5, 0.6) is 0 Å². The van der Waals surface area contributed by atoms with Crippen LogP contribution in [-0.4, -0.2) is 30.3 Å². The second-order valence-corrected chi connectivity index (χ2v) is 10.1. The van der Waals surface area contributed by atoms with Crippen LogP contribution in [0.15, 0.2) is 41.7 Å². The summed E-state index contributed by atoms with van der Waals surface area (Å²) in [7, 11) is 0. The molecule has 0 unspecified atom stereocenters. The minimum atomic E-state index is -0.112. The molecule has 5 rings (SSSR count). The number of fused-ring (bicyclic) bond motifs is 3. The van der Waals surface area contributed by atoms with Gasteiger partial charge in [-0.2, -0.15) is 5.10 Å². The van der Waals surface area contributed by atoms with Gasteiger partial charge in [0.2, 0.25) is 0 Å². The standard InChI is InChI=1S/C26H27ClN6S/c1-5-6-13-32-15-19(14-28-32)7-12-22-16(2)23-24(20-8-10-21(27)11-9-20)29-17(3)25-31-30-18(4)33(25)26(23)34-22/h7-12,14-15,17H,5-6,13H2,1-4H3/t17-/m0/s1. The third kappa shape index (κ3) is 4.14. The van der Waals surface area contributed by atoms with Crippen LogP contribution in [0, 0.1) is 13.8 Å². The lowest BCUT2D eigenvalue weighted by molar-refractivity contribution is 0.572. The molecule has 174 valence electrons. The first-order valence-corrected chi connectivity index (χ1v) is 12.8. The molecule has 0 saturated carbocycles. The van der Waals surface area contributed by atoms with E-state index in [9.17, 15) is 0 Å². The topological polar surface area (TPSA) is 60.9 Å². The number of thiophene rings is 1. The molecule has 0 radical (unpaired) electrons. The SMILES string of the molecule is CCCCn1cc(C=Cc2sc3c(c2C)C(c2ccc(Cl)cc2)=N[C@@H](C)c2nnc(C)n2-3)cn1. The molecule has 6 nitrogen and oxygen atoms in total. The summed E-state index contributed by atoms with van der Waals surface area (Å²) in [5.41, 5.74) is 5.42. The molecule has 0 amide bonds. The van der Waals surface area contributed by atoms with Crippen LogP contribution in [0.3, 0.4) is 0 Å². The van der Waals surface area contributed by atoms with Crippen LogP contribution in [0.2, 0.25) is 5.02 Å². The summed E-state index contributed by atoms with van der Waals surface area (Å²) in [6, 6.07) is 7.79. The van der Waals surface area contributed by atoms with Crippen molar-refractivity contribution in [2.45, 2.75) is 53.1 Å². The van der Waals surface area contributed by atoms with E-state index in [4.69, 9.17) is 16.6 Å². The fourth-order valence-corrected chi connectivity index (χ4v) is 5.63. The van der Waals surface area contributed by atoms with E-state index in [-0.39, 0.29) is 6.04 Å². The molecule has 8 heteroatoms. The van der Waals surface area contributed by atoms with Gasteiger partial charge in [-0.15, -0.1) is 21.5 Å². The van der Waals surface area contributed by atoms with Gasteiger partial charge in [0.1, 0.15) is 16.9 Å². The summed E-state index contributed by atoms with van der Waals surface area (Å²) in [6.45, 7) is 9.37. The van der Waals surface area contributed by atoms with E-state index in [1.54, 1.807) is 11.3 Å². The number of benzene rings is 1. The van der Waals surface area contributed by atoms with Gasteiger partial charge in [-0.3, -0.25) is 14.2 Å². The number of unbranched alkanes of at least 4 members (excludes halogenated alkanes) is 1. The van der Waals surface area contributed by atoms with Crippen molar-refractivity contribution >= 4 is 40.8 Å². The average Bonchev–Trinajstić information content (AvgIpc) is 3.50. The van der Waals surface area contributed by atoms with Crippen molar-refractivity contribution in [1.29, 1.82) is 0 Å². The Labute approximate surface area is 208 Å². The molecule has 0 fully saturated rings. The van der Waals surface area contributed by atoms with Crippen molar-refractivity contribution in [3.8, 4) is 5.00 Å². The van der Waals surface area contributed by atoms with Gasteiger partial charge in [0, 0.05) is 39.3 Å². The molecule has 0 spiro atoms. The van der Waals surface area contributed by atoms with Crippen LogP contribution in [0.25, 0.3) is 17.2 Å². The number of aliphatic imine (C=N–C) groups is 1. The number of aromatic nitrogens is 5. The van der Waals surface area contributed by atoms with Crippen LogP contribution in [0.4, 0.5) is 0 Å². The largest absolute Gasteiger partial charge is 0.273 e. The van der Waals surface area contributed by atoms with E-state index >= 15 is 0 Å². The van der Waals surface area contributed by atoms with Gasteiger partial charge in [-0.25, -0.2) is 0 Å². The minimum Gasteiger partial charge on any atom is -0.273 e. The molecule has 3 aromatic heterocycles. The lowest BCUT2D eigenvalue weighted by Crippen LogP contribution is -2.07. The predicted octanol–water partition coefficient (Wildman–Crippen LogP) is 6.68. The van der Waals surface area contributed by atoms with Crippen molar-refractivity contribution in [2.75, 3.05) is 0 Å². The Kier molecular flexibility index (Phi) is 6.23. The Morgan fingerprint density at radius 2 is 1.91 bits per heavy atom. The van der Waals surface area contributed by atoms with Gasteiger partial charge in [0.05, 0.1) is 11.9 Å². The second kappa shape index (κ2) is 9.31. The highest BCUT2D eigenvalue weighted by Crippen LogP contribution is 2.39. The molecule has 1 atom stereocenters. The van der Waals surface area contributed by atoms with E-state index in [0.717, 1.165) is 58.4 Å². The van der Waals surface area contributed by atoms with Gasteiger partial charge >= 0.3 is 0 Å². The Balaban J connectivity index is 1.61. The average molecular weight is 491 g/mol. The smallest absolute Gasteiger partial charge is 0.162 e. The summed E-state index contributed by atoms with van der Waals surface area (Å²) in [4.78, 5) is 6.30. The van der Waals surface area contributed by atoms with Crippen LogP contribution < -0.4 is 0 Å². The van der Waals surface area contributed by atoms with E-state index in [1.807, 2.05) is 42.1 Å². The molecule has 4 aromatic rings. The molecule has 1 aromatic carbocycles. The van der Waals surface area contributed by atoms with Crippen LogP contribution >= 0.6 is 22.9 Å². The second-order valence-electron chi connectivity index (χ2n) is 8.60. The fourth-order valence-electron chi connectivity index (χ4n) is 4.23. The first-order valence-electron chi connectivity index (χ1n) is 11.6. The molecule has 1 aliphatic rings. The summed E-state index contributed by atoms with van der Waals surface area (Å²) in [5, 5.41) is 15.1. The number of rotatable bonds is 6. The maximum atomic E-state index is 6.18. The number of hydrogen-bond acceptors (Lipinski definition) is 5. The fraction of sp³-hybridized carbons (Fsp3) is 0.308. The molecule has 4 heterocycles. The summed E-state index contributed by atoms with van der Waals surface area (Å²) < 4.78 is 4.17. The number of aryl methyl sites for hydroxylation is 2. The van der Waals surface area contributed by atoms with E-state index in [1.165, 1.54) is 10.4 Å². The zero-order chi connectivity index (χ0) is 23.8. The van der Waals surface area contributed by atoms with Crippen molar-refractivity contribution in [3.05, 3.63) is 80.5 Å². The van der Waals surface area contributed by atoms with E-state index in [2.05, 4.69) is 59.0 Å². The van der Waals surface area contributed by atoms with E-state index in [0.29, 0.717) is 5.02 Å². The monoisotopic (exact) mass is 490 g/mol. The quantitative estimate of drug-likeness (QED) is 0.303. The highest BCUT2D eigenvalue weighted by Gasteiger charge is 2.29. The van der Waals surface area contributed by atoms with Crippen molar-refractivity contribution in [1.82, 2.24) is 24.5 Å². The Bertz CT molecular complexity index is 1390. The van der Waals surface area contributed by atoms with Crippen LogP contribution in [0.1, 0.15) is 71.5 Å². The van der Waals surface area contributed by atoms with Crippen molar-refractivity contribution in [3.63, 3.8) is 0 Å². The summed E-state index contributed by atoms with van der Waals surface area (Å²) >= 11 is 7.92. The molecule has 0 N–H and O–H groups in total. The predicted molar refractivity (Wildman–Crippen MR) is 140 cm³/mol. The van der Waals surface area contributed by atoms with E-state index < -0.39 is 0 Å². The van der Waals surface area contributed by atoms with Gasteiger partial charge in [0.25, 0.3) is 0 Å². The first-order chi connectivity index (χ1) is 16.5. The molecule has 0 aliphatic carbocycles. The molecular formula is C26H27ClN6S. The molecule has 0 bridgehead atoms. The third-order valence-corrected chi connectivity index (χ3v) is 7.58. The lowest BCUT2D eigenvalue weighted by atomic mass is 9.99. The summed E-state index contributed by atoms with van der Waals surface area (Å²) in [5.74, 6) is 1.72. The van der Waals surface area contributed by atoms with Crippen molar-refractivity contribution < 1.29 is 0 Å². The maximum Gasteiger partial charge on any atom is 0.162 e.